The van der Waals surface area contributed by atoms with Crippen molar-refractivity contribution in [3.8, 4) is 0 Å². The van der Waals surface area contributed by atoms with E-state index in [1.807, 2.05) is 13.8 Å². The lowest BCUT2D eigenvalue weighted by molar-refractivity contribution is -0.124. The zero-order valence-electron chi connectivity index (χ0n) is 7.92. The highest BCUT2D eigenvalue weighted by atomic mass is 16.3. The molecule has 4 heteroatoms. The fourth-order valence-electron chi connectivity index (χ4n) is 0.733. The summed E-state index contributed by atoms with van der Waals surface area (Å²) >= 11 is 0. The van der Waals surface area contributed by atoms with E-state index in [0.717, 1.165) is 0 Å². The van der Waals surface area contributed by atoms with Gasteiger partial charge in [-0.05, 0) is 13.0 Å². The lowest BCUT2D eigenvalue weighted by Crippen LogP contribution is -2.45. The first-order chi connectivity index (χ1) is 5.61. The van der Waals surface area contributed by atoms with E-state index < -0.39 is 6.04 Å². The minimum absolute atomic E-state index is 0.145. The second-order valence-corrected chi connectivity index (χ2v) is 3.16. The third kappa shape index (κ3) is 4.31. The van der Waals surface area contributed by atoms with Gasteiger partial charge < -0.3 is 15.7 Å². The molecule has 0 unspecified atom stereocenters. The first-order valence-corrected chi connectivity index (χ1v) is 4.17. The molecule has 0 aliphatic rings. The maximum atomic E-state index is 11.2. The maximum absolute atomic E-state index is 11.2. The molecule has 0 aliphatic carbocycles. The molecule has 0 saturated carbocycles. The Morgan fingerprint density at radius 1 is 1.50 bits per heavy atom. The minimum Gasteiger partial charge on any atom is -0.394 e. The summed E-state index contributed by atoms with van der Waals surface area (Å²) in [5.74, 6) is 0.291. The first kappa shape index (κ1) is 11.4. The lowest BCUT2D eigenvalue weighted by atomic mass is 10.2. The van der Waals surface area contributed by atoms with Crippen LogP contribution in [0, 0.1) is 5.92 Å². The Bertz CT molecular complexity index is 133. The fourth-order valence-corrected chi connectivity index (χ4v) is 0.733. The quantitative estimate of drug-likeness (QED) is 0.518. The number of carbonyl (C=O) groups is 1. The molecule has 0 saturated heterocycles. The monoisotopic (exact) mass is 174 g/mol. The normalized spacial score (nSPS) is 13.1. The predicted molar refractivity (Wildman–Crippen MR) is 47.8 cm³/mol. The molecular weight excluding hydrogens is 156 g/mol. The number of hydrogen-bond donors (Lipinski definition) is 3. The van der Waals surface area contributed by atoms with Crippen LogP contribution in [0.2, 0.25) is 0 Å². The standard InChI is InChI=1S/C8H18N2O2/c1-6(2)4-10-8(12)7(5-11)9-3/h6-7,9,11H,4-5H2,1-3H3,(H,10,12)/t7-/m0/s1. The summed E-state index contributed by atoms with van der Waals surface area (Å²) in [7, 11) is 1.65. The first-order valence-electron chi connectivity index (χ1n) is 4.17. The lowest BCUT2D eigenvalue weighted by Gasteiger charge is -2.14. The van der Waals surface area contributed by atoms with E-state index in [0.29, 0.717) is 12.5 Å². The molecule has 1 atom stereocenters. The topological polar surface area (TPSA) is 61.4 Å². The van der Waals surface area contributed by atoms with Crippen LogP contribution in [0.1, 0.15) is 13.8 Å². The van der Waals surface area contributed by atoms with E-state index in [2.05, 4.69) is 10.6 Å². The van der Waals surface area contributed by atoms with Crippen molar-refractivity contribution in [1.82, 2.24) is 10.6 Å². The second kappa shape index (κ2) is 5.97. The van der Waals surface area contributed by atoms with E-state index in [1.165, 1.54) is 0 Å². The third-order valence-electron chi connectivity index (χ3n) is 1.53. The van der Waals surface area contributed by atoms with Crippen LogP contribution in [0.25, 0.3) is 0 Å². The van der Waals surface area contributed by atoms with Crippen LogP contribution in [-0.4, -0.2) is 37.3 Å². The molecule has 72 valence electrons. The molecule has 4 nitrogen and oxygen atoms in total. The molecular formula is C8H18N2O2. The van der Waals surface area contributed by atoms with Gasteiger partial charge in [0.2, 0.25) is 5.91 Å². The number of nitrogens with one attached hydrogen (secondary N) is 2. The van der Waals surface area contributed by atoms with E-state index in [4.69, 9.17) is 5.11 Å². The number of amides is 1. The molecule has 0 rings (SSSR count). The van der Waals surface area contributed by atoms with E-state index >= 15 is 0 Å². The summed E-state index contributed by atoms with van der Waals surface area (Å²) in [6, 6.07) is -0.483. The Morgan fingerprint density at radius 2 is 2.08 bits per heavy atom. The van der Waals surface area contributed by atoms with Crippen molar-refractivity contribution in [2.75, 3.05) is 20.2 Å². The van der Waals surface area contributed by atoms with Crippen LogP contribution < -0.4 is 10.6 Å². The van der Waals surface area contributed by atoms with Crippen LogP contribution in [0.5, 0.6) is 0 Å². The minimum atomic E-state index is -0.483. The number of carbonyl (C=O) groups excluding carboxylic acids is 1. The smallest absolute Gasteiger partial charge is 0.239 e. The molecule has 0 aliphatic heterocycles. The Labute approximate surface area is 73.3 Å². The maximum Gasteiger partial charge on any atom is 0.239 e. The number of aliphatic hydroxyl groups is 1. The predicted octanol–water partition coefficient (Wildman–Crippen LogP) is -0.661. The highest BCUT2D eigenvalue weighted by Gasteiger charge is 2.13. The number of aliphatic hydroxyl groups excluding tert-OH is 1. The van der Waals surface area contributed by atoms with Gasteiger partial charge in [-0.3, -0.25) is 4.79 Å². The average molecular weight is 174 g/mol. The number of hydrogen-bond acceptors (Lipinski definition) is 3. The van der Waals surface area contributed by atoms with Gasteiger partial charge in [0, 0.05) is 6.54 Å². The Balaban J connectivity index is 3.69. The van der Waals surface area contributed by atoms with Crippen molar-refractivity contribution in [2.24, 2.45) is 5.92 Å². The molecule has 0 spiro atoms. The number of rotatable bonds is 5. The third-order valence-corrected chi connectivity index (χ3v) is 1.53. The van der Waals surface area contributed by atoms with Crippen LogP contribution in [0.4, 0.5) is 0 Å². The highest BCUT2D eigenvalue weighted by Crippen LogP contribution is 1.88. The number of likely N-dealkylation sites (N-methyl/N-ethyl adjacent to an activating group) is 1. The Kier molecular flexibility index (Phi) is 5.66. The van der Waals surface area contributed by atoms with Gasteiger partial charge in [-0.25, -0.2) is 0 Å². The highest BCUT2D eigenvalue weighted by molar-refractivity contribution is 5.81. The van der Waals surface area contributed by atoms with Crippen molar-refractivity contribution in [2.45, 2.75) is 19.9 Å². The van der Waals surface area contributed by atoms with Gasteiger partial charge in [0.25, 0.3) is 0 Å². The summed E-state index contributed by atoms with van der Waals surface area (Å²) in [5.41, 5.74) is 0. The van der Waals surface area contributed by atoms with Gasteiger partial charge in [-0.1, -0.05) is 13.8 Å². The second-order valence-electron chi connectivity index (χ2n) is 3.16. The van der Waals surface area contributed by atoms with E-state index in [9.17, 15) is 4.79 Å². The van der Waals surface area contributed by atoms with Crippen molar-refractivity contribution in [3.63, 3.8) is 0 Å². The molecule has 3 N–H and O–H groups in total. The Hall–Kier alpha value is -0.610. The van der Waals surface area contributed by atoms with Crippen molar-refractivity contribution < 1.29 is 9.90 Å². The molecule has 0 aromatic rings. The van der Waals surface area contributed by atoms with Gasteiger partial charge in [0.15, 0.2) is 0 Å². The van der Waals surface area contributed by atoms with Crippen LogP contribution >= 0.6 is 0 Å². The summed E-state index contributed by atoms with van der Waals surface area (Å²) in [5, 5.41) is 14.2. The van der Waals surface area contributed by atoms with Gasteiger partial charge in [0.1, 0.15) is 6.04 Å². The van der Waals surface area contributed by atoms with E-state index in [-0.39, 0.29) is 12.5 Å². The summed E-state index contributed by atoms with van der Waals surface area (Å²) in [6.45, 7) is 4.53. The zero-order chi connectivity index (χ0) is 9.56. The largest absolute Gasteiger partial charge is 0.394 e. The molecule has 0 aromatic carbocycles. The summed E-state index contributed by atoms with van der Waals surface area (Å²) in [4.78, 5) is 11.2. The molecule has 1 amide bonds. The fraction of sp³-hybridized carbons (Fsp3) is 0.875. The summed E-state index contributed by atoms with van der Waals surface area (Å²) in [6.07, 6.45) is 0. The molecule has 0 radical (unpaired) electrons. The van der Waals surface area contributed by atoms with Crippen LogP contribution in [-0.2, 0) is 4.79 Å². The van der Waals surface area contributed by atoms with Gasteiger partial charge in [-0.2, -0.15) is 0 Å². The molecule has 0 bridgehead atoms. The average Bonchev–Trinajstić information content (AvgIpc) is 2.03. The summed E-state index contributed by atoms with van der Waals surface area (Å²) < 4.78 is 0. The Morgan fingerprint density at radius 3 is 2.42 bits per heavy atom. The zero-order valence-corrected chi connectivity index (χ0v) is 7.92. The van der Waals surface area contributed by atoms with Crippen LogP contribution in [0.3, 0.4) is 0 Å². The van der Waals surface area contributed by atoms with Gasteiger partial charge in [0.05, 0.1) is 6.61 Å². The van der Waals surface area contributed by atoms with Gasteiger partial charge >= 0.3 is 0 Å². The molecule has 0 aromatic heterocycles. The van der Waals surface area contributed by atoms with E-state index in [1.54, 1.807) is 7.05 Å². The molecule has 12 heavy (non-hydrogen) atoms. The van der Waals surface area contributed by atoms with Crippen molar-refractivity contribution >= 4 is 5.91 Å². The molecule has 0 fully saturated rings. The van der Waals surface area contributed by atoms with Crippen LogP contribution in [0.15, 0.2) is 0 Å². The molecule has 0 heterocycles. The van der Waals surface area contributed by atoms with Gasteiger partial charge in [-0.15, -0.1) is 0 Å². The van der Waals surface area contributed by atoms with Crippen molar-refractivity contribution in [3.05, 3.63) is 0 Å². The van der Waals surface area contributed by atoms with Crippen molar-refractivity contribution in [1.29, 1.82) is 0 Å². The SMILES string of the molecule is CN[C@@H](CO)C(=O)NCC(C)C.